The van der Waals surface area contributed by atoms with Crippen LogP contribution < -0.4 is 5.48 Å². The van der Waals surface area contributed by atoms with Crippen molar-refractivity contribution in [3.63, 3.8) is 0 Å². The van der Waals surface area contributed by atoms with Crippen molar-refractivity contribution in [1.29, 1.82) is 0 Å². The van der Waals surface area contributed by atoms with Crippen molar-refractivity contribution >= 4 is 16.9 Å². The molecule has 27 heavy (non-hydrogen) atoms. The van der Waals surface area contributed by atoms with Gasteiger partial charge in [-0.05, 0) is 36.8 Å². The second-order valence-electron chi connectivity index (χ2n) is 6.51. The van der Waals surface area contributed by atoms with E-state index in [-0.39, 0.29) is 0 Å². The number of carbonyl (C=O) groups excluding carboxylic acids is 1. The van der Waals surface area contributed by atoms with Crippen molar-refractivity contribution < 1.29 is 10.0 Å². The molecule has 5 heteroatoms. The number of fused-ring (bicyclic) bond motifs is 1. The molecule has 5 nitrogen and oxygen atoms in total. The number of aromatic nitrogens is 2. The lowest BCUT2D eigenvalue weighted by atomic mass is 10.1. The van der Waals surface area contributed by atoms with Crippen LogP contribution in [-0.2, 0) is 6.54 Å². The van der Waals surface area contributed by atoms with Gasteiger partial charge in [-0.1, -0.05) is 54.1 Å². The fraction of sp³-hybridized carbons (Fsp3) is 0.0909. The van der Waals surface area contributed by atoms with Crippen molar-refractivity contribution in [2.24, 2.45) is 0 Å². The molecule has 0 bridgehead atoms. The van der Waals surface area contributed by atoms with Crippen LogP contribution in [-0.4, -0.2) is 20.7 Å². The minimum Gasteiger partial charge on any atom is -0.319 e. The zero-order valence-corrected chi connectivity index (χ0v) is 14.9. The molecular weight excluding hydrogens is 338 g/mol. The number of amides is 1. The first-order chi connectivity index (χ1) is 13.2. The maximum atomic E-state index is 11.6. The van der Waals surface area contributed by atoms with Crippen LogP contribution in [0.2, 0.25) is 0 Å². The Balaban J connectivity index is 1.80. The Morgan fingerprint density at radius 3 is 2.41 bits per heavy atom. The zero-order valence-electron chi connectivity index (χ0n) is 14.9. The summed E-state index contributed by atoms with van der Waals surface area (Å²) in [5, 5.41) is 8.78. The van der Waals surface area contributed by atoms with E-state index >= 15 is 0 Å². The van der Waals surface area contributed by atoms with Gasteiger partial charge < -0.3 is 4.57 Å². The minimum absolute atomic E-state index is 0.391. The summed E-state index contributed by atoms with van der Waals surface area (Å²) < 4.78 is 2.18. The molecule has 1 heterocycles. The van der Waals surface area contributed by atoms with E-state index in [4.69, 9.17) is 10.2 Å². The van der Waals surface area contributed by atoms with Gasteiger partial charge in [0.15, 0.2) is 0 Å². The Morgan fingerprint density at radius 1 is 1.00 bits per heavy atom. The monoisotopic (exact) mass is 357 g/mol. The van der Waals surface area contributed by atoms with Gasteiger partial charge in [0.25, 0.3) is 5.91 Å². The van der Waals surface area contributed by atoms with Gasteiger partial charge in [-0.25, -0.2) is 10.5 Å². The van der Waals surface area contributed by atoms with E-state index in [0.717, 1.165) is 22.4 Å². The number of carbonyl (C=O) groups is 1. The van der Waals surface area contributed by atoms with E-state index in [9.17, 15) is 4.79 Å². The normalized spacial score (nSPS) is 10.9. The zero-order chi connectivity index (χ0) is 18.8. The molecule has 0 aliphatic heterocycles. The number of para-hydroxylation sites is 2. The molecular formula is C22H19N3O2. The third kappa shape index (κ3) is 3.32. The number of hydroxylamine groups is 1. The first kappa shape index (κ1) is 17.0. The Labute approximate surface area is 156 Å². The Morgan fingerprint density at radius 2 is 1.70 bits per heavy atom. The number of aryl methyl sites for hydroxylation is 1. The fourth-order valence-corrected chi connectivity index (χ4v) is 3.17. The summed E-state index contributed by atoms with van der Waals surface area (Å²) in [6.07, 6.45) is 0. The molecule has 0 spiro atoms. The lowest BCUT2D eigenvalue weighted by molar-refractivity contribution is 0.0706. The van der Waals surface area contributed by atoms with E-state index in [0.29, 0.717) is 12.1 Å². The standard InChI is InChI=1S/C22H19N3O2/c1-15-6-8-16(9-7-15)14-25-20-5-3-2-4-19(20)23-21(25)17-10-12-18(13-11-17)22(26)24-27/h2-13,27H,14H2,1H3,(H,24,26). The smallest absolute Gasteiger partial charge is 0.274 e. The number of nitrogens with zero attached hydrogens (tertiary/aromatic N) is 2. The molecule has 0 aliphatic rings. The van der Waals surface area contributed by atoms with E-state index in [1.165, 1.54) is 11.1 Å². The first-order valence-corrected chi connectivity index (χ1v) is 8.71. The summed E-state index contributed by atoms with van der Waals surface area (Å²) in [5.41, 5.74) is 7.36. The minimum atomic E-state index is -0.533. The van der Waals surface area contributed by atoms with Crippen LogP contribution in [0.15, 0.2) is 72.8 Å². The summed E-state index contributed by atoms with van der Waals surface area (Å²) in [6, 6.07) is 23.6. The quantitative estimate of drug-likeness (QED) is 0.425. The van der Waals surface area contributed by atoms with E-state index in [1.54, 1.807) is 17.6 Å². The Hall–Kier alpha value is -3.44. The van der Waals surface area contributed by atoms with Crippen molar-refractivity contribution in [2.75, 3.05) is 0 Å². The van der Waals surface area contributed by atoms with Gasteiger partial charge in [-0.3, -0.25) is 10.0 Å². The number of hydrogen-bond donors (Lipinski definition) is 2. The van der Waals surface area contributed by atoms with Gasteiger partial charge in [0.2, 0.25) is 0 Å². The highest BCUT2D eigenvalue weighted by molar-refractivity contribution is 5.93. The number of benzene rings is 3. The molecule has 2 N–H and O–H groups in total. The largest absolute Gasteiger partial charge is 0.319 e. The predicted octanol–water partition coefficient (Wildman–Crippen LogP) is 4.18. The van der Waals surface area contributed by atoms with E-state index < -0.39 is 5.91 Å². The van der Waals surface area contributed by atoms with Gasteiger partial charge in [0.05, 0.1) is 11.0 Å². The molecule has 1 amide bonds. The summed E-state index contributed by atoms with van der Waals surface area (Å²) in [7, 11) is 0. The predicted molar refractivity (Wildman–Crippen MR) is 105 cm³/mol. The third-order valence-corrected chi connectivity index (χ3v) is 4.62. The molecule has 134 valence electrons. The fourth-order valence-electron chi connectivity index (χ4n) is 3.17. The van der Waals surface area contributed by atoms with Crippen LogP contribution in [0.25, 0.3) is 22.4 Å². The van der Waals surface area contributed by atoms with Gasteiger partial charge in [0.1, 0.15) is 5.82 Å². The SMILES string of the molecule is Cc1ccc(Cn2c(-c3ccc(C(=O)NO)cc3)nc3ccccc32)cc1. The topological polar surface area (TPSA) is 67.2 Å². The van der Waals surface area contributed by atoms with Gasteiger partial charge in [-0.15, -0.1) is 0 Å². The van der Waals surface area contributed by atoms with Crippen LogP contribution in [0.5, 0.6) is 0 Å². The molecule has 3 aromatic carbocycles. The number of hydrogen-bond acceptors (Lipinski definition) is 3. The molecule has 0 fully saturated rings. The molecule has 0 saturated carbocycles. The average molecular weight is 357 g/mol. The Kier molecular flexibility index (Phi) is 4.44. The first-order valence-electron chi connectivity index (χ1n) is 8.71. The highest BCUT2D eigenvalue weighted by Gasteiger charge is 2.13. The van der Waals surface area contributed by atoms with Crippen molar-refractivity contribution in [3.8, 4) is 11.4 Å². The van der Waals surface area contributed by atoms with Crippen molar-refractivity contribution in [3.05, 3.63) is 89.5 Å². The molecule has 4 rings (SSSR count). The second kappa shape index (κ2) is 7.05. The third-order valence-electron chi connectivity index (χ3n) is 4.62. The number of nitrogens with one attached hydrogen (secondary N) is 1. The lowest BCUT2D eigenvalue weighted by Gasteiger charge is -2.10. The summed E-state index contributed by atoms with van der Waals surface area (Å²) in [4.78, 5) is 16.4. The molecule has 0 saturated heterocycles. The van der Waals surface area contributed by atoms with Crippen LogP contribution in [0.1, 0.15) is 21.5 Å². The van der Waals surface area contributed by atoms with Crippen LogP contribution in [0.4, 0.5) is 0 Å². The molecule has 1 aromatic heterocycles. The maximum Gasteiger partial charge on any atom is 0.274 e. The van der Waals surface area contributed by atoms with E-state index in [1.807, 2.05) is 30.3 Å². The molecule has 0 atom stereocenters. The average Bonchev–Trinajstić information content (AvgIpc) is 3.08. The van der Waals surface area contributed by atoms with Crippen LogP contribution in [0, 0.1) is 6.92 Å². The van der Waals surface area contributed by atoms with Gasteiger partial charge >= 0.3 is 0 Å². The summed E-state index contributed by atoms with van der Waals surface area (Å²) >= 11 is 0. The van der Waals surface area contributed by atoms with E-state index in [2.05, 4.69) is 41.8 Å². The number of rotatable bonds is 4. The molecule has 4 aromatic rings. The second-order valence-corrected chi connectivity index (χ2v) is 6.51. The summed E-state index contributed by atoms with van der Waals surface area (Å²) in [6.45, 7) is 2.78. The Bertz CT molecular complexity index is 1100. The molecule has 0 aliphatic carbocycles. The van der Waals surface area contributed by atoms with Gasteiger partial charge in [0, 0.05) is 17.7 Å². The molecule has 0 unspecified atom stereocenters. The molecule has 0 radical (unpaired) electrons. The maximum absolute atomic E-state index is 11.6. The van der Waals surface area contributed by atoms with Gasteiger partial charge in [-0.2, -0.15) is 0 Å². The van der Waals surface area contributed by atoms with Crippen LogP contribution >= 0.6 is 0 Å². The van der Waals surface area contributed by atoms with Crippen molar-refractivity contribution in [1.82, 2.24) is 15.0 Å². The summed E-state index contributed by atoms with van der Waals surface area (Å²) in [5.74, 6) is 0.308. The highest BCUT2D eigenvalue weighted by Crippen LogP contribution is 2.26. The van der Waals surface area contributed by atoms with Crippen LogP contribution in [0.3, 0.4) is 0 Å². The van der Waals surface area contributed by atoms with Crippen molar-refractivity contribution in [2.45, 2.75) is 13.5 Å². The highest BCUT2D eigenvalue weighted by atomic mass is 16.5. The lowest BCUT2D eigenvalue weighted by Crippen LogP contribution is -2.18. The number of imidazole rings is 1.